The van der Waals surface area contributed by atoms with Crippen molar-refractivity contribution in [3.63, 3.8) is 0 Å². The average Bonchev–Trinajstić information content (AvgIpc) is 3.46. The molecule has 0 saturated carbocycles. The van der Waals surface area contributed by atoms with E-state index in [4.69, 9.17) is 20.0 Å². The minimum absolute atomic E-state index is 0.255. The fraction of sp³-hybridized carbons (Fsp3) is 0.158. The first kappa shape index (κ1) is 27.5. The van der Waals surface area contributed by atoms with Gasteiger partial charge >= 0.3 is 0 Å². The Morgan fingerprint density at radius 1 is 0.523 bits per heavy atom. The zero-order chi connectivity index (χ0) is 30.3. The first-order valence-corrected chi connectivity index (χ1v) is 14.9. The zero-order valence-electron chi connectivity index (χ0n) is 25.3. The summed E-state index contributed by atoms with van der Waals surface area (Å²) in [6.45, 7) is 8.87. The minimum Gasteiger partial charge on any atom is -0.359 e. The molecule has 4 aromatic rings. The van der Waals surface area contributed by atoms with Crippen LogP contribution in [0.4, 0.5) is 34.1 Å². The van der Waals surface area contributed by atoms with Gasteiger partial charge in [-0.05, 0) is 47.5 Å². The molecule has 216 valence electrons. The van der Waals surface area contributed by atoms with E-state index in [2.05, 4.69) is 80.8 Å². The first-order chi connectivity index (χ1) is 21.3. The molecule has 4 aromatic carbocycles. The number of aliphatic imine (C=N–C) groups is 4. The Kier molecular flexibility index (Phi) is 6.70. The van der Waals surface area contributed by atoms with E-state index in [-0.39, 0.29) is 10.8 Å². The molecule has 3 heterocycles. The van der Waals surface area contributed by atoms with Crippen molar-refractivity contribution in [2.75, 3.05) is 10.6 Å². The van der Waals surface area contributed by atoms with Crippen molar-refractivity contribution in [1.29, 1.82) is 0 Å². The molecule has 0 fully saturated rings. The number of rotatable bonds is 1. The van der Waals surface area contributed by atoms with Gasteiger partial charge in [-0.3, -0.25) is 20.0 Å². The summed E-state index contributed by atoms with van der Waals surface area (Å²) in [6.07, 6.45) is 7.68. The molecule has 3 aliphatic rings. The number of anilines is 2. The van der Waals surface area contributed by atoms with Crippen LogP contribution in [0.3, 0.4) is 0 Å². The van der Waals surface area contributed by atoms with Gasteiger partial charge in [0.1, 0.15) is 0 Å². The molecule has 0 radical (unpaired) electrons. The van der Waals surface area contributed by atoms with Gasteiger partial charge in [-0.15, -0.1) is 0 Å². The summed E-state index contributed by atoms with van der Waals surface area (Å²) in [5.74, 6) is 0. The number of allylic oxidation sites excluding steroid dienone is 3. The maximum Gasteiger partial charge on any atom is 0.0886 e. The van der Waals surface area contributed by atoms with E-state index in [0.717, 1.165) is 56.7 Å². The van der Waals surface area contributed by atoms with Crippen molar-refractivity contribution in [3.05, 3.63) is 131 Å². The molecule has 0 bridgehead atoms. The summed E-state index contributed by atoms with van der Waals surface area (Å²) in [7, 11) is 0. The monoisotopic (exact) mass is 574 g/mol. The van der Waals surface area contributed by atoms with Crippen molar-refractivity contribution in [3.8, 4) is 0 Å². The molecule has 0 aliphatic carbocycles. The average molecular weight is 575 g/mol. The first-order valence-electron chi connectivity index (χ1n) is 14.9. The Bertz CT molecular complexity index is 1970. The van der Waals surface area contributed by atoms with Gasteiger partial charge in [0.15, 0.2) is 0 Å². The Morgan fingerprint density at radius 3 is 1.75 bits per heavy atom. The van der Waals surface area contributed by atoms with Crippen molar-refractivity contribution >= 4 is 58.5 Å². The molecule has 7 rings (SSSR count). The highest BCUT2D eigenvalue weighted by Crippen LogP contribution is 2.45. The van der Waals surface area contributed by atoms with E-state index in [1.807, 2.05) is 79.4 Å². The van der Waals surface area contributed by atoms with Crippen molar-refractivity contribution < 1.29 is 0 Å². The normalized spacial score (nSPS) is 20.5. The smallest absolute Gasteiger partial charge is 0.0886 e. The van der Waals surface area contributed by atoms with Gasteiger partial charge in [-0.25, -0.2) is 0 Å². The summed E-state index contributed by atoms with van der Waals surface area (Å²) in [5, 5.41) is 7.19. The summed E-state index contributed by atoms with van der Waals surface area (Å²) in [6, 6.07) is 32.7. The summed E-state index contributed by atoms with van der Waals surface area (Å²) < 4.78 is 0. The summed E-state index contributed by atoms with van der Waals surface area (Å²) >= 11 is 0. The number of para-hydroxylation sites is 6. The third-order valence-electron chi connectivity index (χ3n) is 8.65. The Balaban J connectivity index is 1.38. The summed E-state index contributed by atoms with van der Waals surface area (Å²) in [4.78, 5) is 20.0. The van der Waals surface area contributed by atoms with Crippen LogP contribution >= 0.6 is 0 Å². The number of nitrogens with one attached hydrogen (secondary N) is 2. The van der Waals surface area contributed by atoms with Crippen LogP contribution in [0.5, 0.6) is 0 Å². The second kappa shape index (κ2) is 10.7. The summed E-state index contributed by atoms with van der Waals surface area (Å²) in [5.41, 5.74) is 11.0. The molecule has 2 N–H and O–H groups in total. The maximum absolute atomic E-state index is 5.07. The zero-order valence-corrected chi connectivity index (χ0v) is 25.3. The second-order valence-corrected chi connectivity index (χ2v) is 12.3. The topological polar surface area (TPSA) is 73.5 Å². The van der Waals surface area contributed by atoms with Crippen molar-refractivity contribution in [2.45, 2.75) is 38.5 Å². The van der Waals surface area contributed by atoms with Gasteiger partial charge in [0.25, 0.3) is 0 Å². The van der Waals surface area contributed by atoms with Gasteiger partial charge in [0, 0.05) is 58.2 Å². The van der Waals surface area contributed by atoms with Crippen LogP contribution in [0.1, 0.15) is 38.8 Å². The lowest BCUT2D eigenvalue weighted by atomic mass is 9.79. The molecule has 0 spiro atoms. The second-order valence-electron chi connectivity index (χ2n) is 12.3. The lowest BCUT2D eigenvalue weighted by Crippen LogP contribution is -2.28. The van der Waals surface area contributed by atoms with E-state index in [1.165, 1.54) is 11.1 Å². The van der Waals surface area contributed by atoms with Crippen LogP contribution in [0.2, 0.25) is 0 Å². The van der Waals surface area contributed by atoms with E-state index in [1.54, 1.807) is 0 Å². The number of fused-ring (bicyclic) bond motifs is 4. The molecule has 0 unspecified atom stereocenters. The SMILES string of the molecule is CC1(C)C(/C2=C/Nc3ccccc3N=C/C(=C3/Nc4ccccc4C3(C)C)C=Nc3ccccc3N=C2)=Nc2ccccc21. The predicted octanol–water partition coefficient (Wildman–Crippen LogP) is 9.52. The molecule has 44 heavy (non-hydrogen) atoms. The molecule has 6 nitrogen and oxygen atoms in total. The molecular weight excluding hydrogens is 540 g/mol. The van der Waals surface area contributed by atoms with Crippen molar-refractivity contribution in [1.82, 2.24) is 0 Å². The van der Waals surface area contributed by atoms with Crippen LogP contribution in [0, 0.1) is 0 Å². The van der Waals surface area contributed by atoms with E-state index in [9.17, 15) is 0 Å². The van der Waals surface area contributed by atoms with Gasteiger partial charge in [0.05, 0.1) is 34.1 Å². The van der Waals surface area contributed by atoms with Crippen LogP contribution in [0.15, 0.2) is 140 Å². The number of hydrogen-bond acceptors (Lipinski definition) is 6. The fourth-order valence-corrected chi connectivity index (χ4v) is 6.20. The molecule has 0 saturated heterocycles. The van der Waals surface area contributed by atoms with Gasteiger partial charge in [0.2, 0.25) is 0 Å². The highest BCUT2D eigenvalue weighted by Gasteiger charge is 2.37. The number of benzene rings is 4. The van der Waals surface area contributed by atoms with Crippen LogP contribution in [0.25, 0.3) is 0 Å². The minimum atomic E-state index is -0.295. The Morgan fingerprint density at radius 2 is 1.07 bits per heavy atom. The molecule has 0 aromatic heterocycles. The maximum atomic E-state index is 5.07. The third kappa shape index (κ3) is 4.78. The third-order valence-corrected chi connectivity index (χ3v) is 8.65. The predicted molar refractivity (Wildman–Crippen MR) is 186 cm³/mol. The lowest BCUT2D eigenvalue weighted by molar-refractivity contribution is 0.653. The molecular formula is C38H34N6. The fourth-order valence-electron chi connectivity index (χ4n) is 6.20. The molecule has 3 aliphatic heterocycles. The molecule has 0 atom stereocenters. The molecule has 0 amide bonds. The molecule has 6 heteroatoms. The van der Waals surface area contributed by atoms with E-state index >= 15 is 0 Å². The lowest BCUT2D eigenvalue weighted by Gasteiger charge is -2.23. The van der Waals surface area contributed by atoms with E-state index < -0.39 is 0 Å². The van der Waals surface area contributed by atoms with Gasteiger partial charge in [-0.2, -0.15) is 0 Å². The standard InChI is InChI=1S/C38H34N6/c1-37(2)27-13-5-7-15-29(27)43-35(37)25-21-39-31-17-9-11-19-33(31)41-23-26(24-42-34-20-12-10-18-32(34)40-22-25)36-38(3,4)28-14-6-8-16-30(28)44-36/h5-24,39,44H,1-4H3/b25-21+,36-26-,40-22?,41-23?,42-24?. The van der Waals surface area contributed by atoms with Gasteiger partial charge in [-0.1, -0.05) is 88.4 Å². The highest BCUT2D eigenvalue weighted by molar-refractivity contribution is 6.23. The van der Waals surface area contributed by atoms with E-state index in [0.29, 0.717) is 0 Å². The Labute approximate surface area is 258 Å². The number of nitrogens with zero attached hydrogens (tertiary/aromatic N) is 4. The van der Waals surface area contributed by atoms with Crippen LogP contribution in [-0.4, -0.2) is 24.4 Å². The number of hydrogen-bond donors (Lipinski definition) is 2. The van der Waals surface area contributed by atoms with Crippen LogP contribution in [-0.2, 0) is 10.8 Å². The largest absolute Gasteiger partial charge is 0.359 e. The van der Waals surface area contributed by atoms with Crippen LogP contribution < -0.4 is 10.6 Å². The Hall–Kier alpha value is -5.36. The quantitative estimate of drug-likeness (QED) is 0.238. The highest BCUT2D eigenvalue weighted by atomic mass is 15.0. The van der Waals surface area contributed by atoms with Crippen molar-refractivity contribution in [2.24, 2.45) is 20.0 Å². The van der Waals surface area contributed by atoms with Gasteiger partial charge < -0.3 is 10.6 Å².